The second kappa shape index (κ2) is 5.19. The summed E-state index contributed by atoms with van der Waals surface area (Å²) < 4.78 is 0. The van der Waals surface area contributed by atoms with Crippen LogP contribution in [0.1, 0.15) is 45.1 Å². The van der Waals surface area contributed by atoms with Crippen LogP contribution in [0.5, 0.6) is 0 Å². The smallest absolute Gasteiger partial charge is 0.274 e. The fourth-order valence-electron chi connectivity index (χ4n) is 2.74. The number of nitrogens with one attached hydrogen (secondary N) is 1. The Labute approximate surface area is 114 Å². The lowest BCUT2D eigenvalue weighted by molar-refractivity contribution is -0.385. The molecule has 19 heavy (non-hydrogen) atoms. The molecule has 0 aromatic heterocycles. The van der Waals surface area contributed by atoms with Gasteiger partial charge < -0.3 is 5.32 Å². The molecule has 104 valence electrons. The highest BCUT2D eigenvalue weighted by Gasteiger charge is 2.27. The van der Waals surface area contributed by atoms with Gasteiger partial charge in [0, 0.05) is 23.4 Å². The van der Waals surface area contributed by atoms with Crippen LogP contribution in [0.2, 0.25) is 0 Å². The third-order valence-electron chi connectivity index (χ3n) is 4.20. The average molecular weight is 262 g/mol. The zero-order valence-corrected chi connectivity index (χ0v) is 11.9. The summed E-state index contributed by atoms with van der Waals surface area (Å²) >= 11 is 0. The average Bonchev–Trinajstić information content (AvgIpc) is 2.34. The monoisotopic (exact) mass is 262 g/mol. The van der Waals surface area contributed by atoms with Crippen molar-refractivity contribution in [2.45, 2.75) is 52.5 Å². The topological polar surface area (TPSA) is 55.2 Å². The van der Waals surface area contributed by atoms with Crippen LogP contribution in [-0.4, -0.2) is 11.0 Å². The number of hydrogen-bond acceptors (Lipinski definition) is 3. The van der Waals surface area contributed by atoms with Gasteiger partial charge in [-0.2, -0.15) is 0 Å². The molecule has 1 aliphatic rings. The Kier molecular flexibility index (Phi) is 3.78. The van der Waals surface area contributed by atoms with Gasteiger partial charge in [-0.3, -0.25) is 10.1 Å². The highest BCUT2D eigenvalue weighted by molar-refractivity contribution is 5.60. The van der Waals surface area contributed by atoms with Crippen molar-refractivity contribution in [3.8, 4) is 0 Å². The van der Waals surface area contributed by atoms with Crippen molar-refractivity contribution < 1.29 is 4.92 Å². The van der Waals surface area contributed by atoms with Gasteiger partial charge in [-0.25, -0.2) is 0 Å². The largest absolute Gasteiger partial charge is 0.382 e. The molecule has 0 heterocycles. The number of rotatable bonds is 3. The Balaban J connectivity index is 2.08. The van der Waals surface area contributed by atoms with Gasteiger partial charge in [0.05, 0.1) is 4.92 Å². The quantitative estimate of drug-likeness (QED) is 0.653. The molecule has 0 spiro atoms. The number of benzene rings is 1. The second-order valence-electron chi connectivity index (χ2n) is 6.29. The normalized spacial score (nSPS) is 19.1. The molecule has 0 radical (unpaired) electrons. The molecule has 1 aliphatic carbocycles. The summed E-state index contributed by atoms with van der Waals surface area (Å²) in [4.78, 5) is 10.6. The Morgan fingerprint density at radius 1 is 1.32 bits per heavy atom. The molecule has 2 rings (SSSR count). The molecular formula is C15H22N2O2. The number of nitro groups is 1. The molecule has 0 amide bonds. The standard InChI is InChI=1S/C15H22N2O2/c1-11-13(5-4-6-14(11)17(18)19)16-12-7-9-15(2,3)10-8-12/h4-6,12,16H,7-10H2,1-3H3. The summed E-state index contributed by atoms with van der Waals surface area (Å²) in [5.74, 6) is 0. The van der Waals surface area contributed by atoms with E-state index in [0.717, 1.165) is 24.1 Å². The van der Waals surface area contributed by atoms with E-state index in [9.17, 15) is 10.1 Å². The third kappa shape index (κ3) is 3.25. The molecule has 0 aliphatic heterocycles. The number of hydrogen-bond donors (Lipinski definition) is 1. The summed E-state index contributed by atoms with van der Waals surface area (Å²) in [7, 11) is 0. The van der Waals surface area contributed by atoms with Gasteiger partial charge in [0.25, 0.3) is 5.69 Å². The van der Waals surface area contributed by atoms with Crippen LogP contribution in [0.15, 0.2) is 18.2 Å². The summed E-state index contributed by atoms with van der Waals surface area (Å²) in [5.41, 5.74) is 2.27. The minimum Gasteiger partial charge on any atom is -0.382 e. The second-order valence-corrected chi connectivity index (χ2v) is 6.29. The molecule has 1 fully saturated rings. The van der Waals surface area contributed by atoms with Crippen LogP contribution in [0.25, 0.3) is 0 Å². The summed E-state index contributed by atoms with van der Waals surface area (Å²) in [6.45, 7) is 6.43. The maximum atomic E-state index is 10.9. The minimum atomic E-state index is -0.315. The van der Waals surface area contributed by atoms with Crippen molar-refractivity contribution in [2.75, 3.05) is 5.32 Å². The molecule has 1 aromatic rings. The summed E-state index contributed by atoms with van der Waals surface area (Å²) in [6, 6.07) is 5.68. The van der Waals surface area contributed by atoms with E-state index in [2.05, 4.69) is 19.2 Å². The van der Waals surface area contributed by atoms with E-state index >= 15 is 0 Å². The summed E-state index contributed by atoms with van der Waals surface area (Å²) in [6.07, 6.45) is 4.68. The molecule has 1 N–H and O–H groups in total. The molecule has 0 bridgehead atoms. The predicted octanol–water partition coefficient (Wildman–Crippen LogP) is 4.28. The van der Waals surface area contributed by atoms with E-state index in [1.54, 1.807) is 12.1 Å². The Morgan fingerprint density at radius 2 is 1.95 bits per heavy atom. The third-order valence-corrected chi connectivity index (χ3v) is 4.20. The van der Waals surface area contributed by atoms with Gasteiger partial charge in [-0.1, -0.05) is 19.9 Å². The maximum absolute atomic E-state index is 10.9. The lowest BCUT2D eigenvalue weighted by Gasteiger charge is -2.35. The lowest BCUT2D eigenvalue weighted by atomic mass is 9.75. The Morgan fingerprint density at radius 3 is 2.53 bits per heavy atom. The number of nitro benzene ring substituents is 1. The fraction of sp³-hybridized carbons (Fsp3) is 0.600. The molecule has 1 aromatic carbocycles. The van der Waals surface area contributed by atoms with E-state index < -0.39 is 0 Å². The van der Waals surface area contributed by atoms with Crippen LogP contribution in [-0.2, 0) is 0 Å². The van der Waals surface area contributed by atoms with Gasteiger partial charge >= 0.3 is 0 Å². The highest BCUT2D eigenvalue weighted by Crippen LogP contribution is 2.36. The molecule has 4 nitrogen and oxygen atoms in total. The van der Waals surface area contributed by atoms with E-state index in [1.165, 1.54) is 12.8 Å². The first kappa shape index (κ1) is 13.8. The Bertz CT molecular complexity index is 473. The predicted molar refractivity (Wildman–Crippen MR) is 77.5 cm³/mol. The van der Waals surface area contributed by atoms with E-state index in [0.29, 0.717) is 11.5 Å². The van der Waals surface area contributed by atoms with Crippen molar-refractivity contribution in [3.63, 3.8) is 0 Å². The zero-order chi connectivity index (χ0) is 14.0. The first-order valence-corrected chi connectivity index (χ1v) is 6.90. The maximum Gasteiger partial charge on any atom is 0.274 e. The van der Waals surface area contributed by atoms with E-state index in [-0.39, 0.29) is 10.6 Å². The first-order valence-electron chi connectivity index (χ1n) is 6.90. The number of anilines is 1. The molecule has 0 unspecified atom stereocenters. The highest BCUT2D eigenvalue weighted by atomic mass is 16.6. The van der Waals surface area contributed by atoms with Crippen LogP contribution in [0.4, 0.5) is 11.4 Å². The fourth-order valence-corrected chi connectivity index (χ4v) is 2.74. The van der Waals surface area contributed by atoms with Gasteiger partial charge in [0.2, 0.25) is 0 Å². The molecular weight excluding hydrogens is 240 g/mol. The SMILES string of the molecule is Cc1c(NC2CCC(C)(C)CC2)cccc1[N+](=O)[O-]. The van der Waals surface area contributed by atoms with E-state index in [4.69, 9.17) is 0 Å². The zero-order valence-electron chi connectivity index (χ0n) is 11.9. The number of nitrogens with zero attached hydrogens (tertiary/aromatic N) is 1. The van der Waals surface area contributed by atoms with Crippen LogP contribution >= 0.6 is 0 Å². The minimum absolute atomic E-state index is 0.195. The molecule has 0 atom stereocenters. The van der Waals surface area contributed by atoms with Gasteiger partial charge in [0.15, 0.2) is 0 Å². The van der Waals surface area contributed by atoms with Crippen LogP contribution in [0.3, 0.4) is 0 Å². The van der Waals surface area contributed by atoms with Crippen molar-refractivity contribution in [3.05, 3.63) is 33.9 Å². The Hall–Kier alpha value is -1.58. The van der Waals surface area contributed by atoms with E-state index in [1.807, 2.05) is 13.0 Å². The van der Waals surface area contributed by atoms with Crippen molar-refractivity contribution in [1.29, 1.82) is 0 Å². The van der Waals surface area contributed by atoms with Crippen molar-refractivity contribution in [2.24, 2.45) is 5.41 Å². The summed E-state index contributed by atoms with van der Waals surface area (Å²) in [5, 5.41) is 14.4. The van der Waals surface area contributed by atoms with Crippen molar-refractivity contribution in [1.82, 2.24) is 0 Å². The first-order chi connectivity index (χ1) is 8.89. The molecule has 4 heteroatoms. The van der Waals surface area contributed by atoms with Gasteiger partial charge in [-0.05, 0) is 44.1 Å². The molecule has 0 saturated heterocycles. The van der Waals surface area contributed by atoms with Crippen LogP contribution < -0.4 is 5.32 Å². The van der Waals surface area contributed by atoms with Gasteiger partial charge in [-0.15, -0.1) is 0 Å². The lowest BCUT2D eigenvalue weighted by Crippen LogP contribution is -2.30. The van der Waals surface area contributed by atoms with Gasteiger partial charge in [0.1, 0.15) is 0 Å². The van der Waals surface area contributed by atoms with Crippen LogP contribution in [0, 0.1) is 22.5 Å². The van der Waals surface area contributed by atoms with Crippen molar-refractivity contribution >= 4 is 11.4 Å². The molecule has 1 saturated carbocycles.